The Morgan fingerprint density at radius 3 is 1.81 bits per heavy atom. The van der Waals surface area contributed by atoms with E-state index in [1.54, 1.807) is 41.5 Å². The van der Waals surface area contributed by atoms with E-state index in [1.165, 1.54) is 36.4 Å². The minimum atomic E-state index is -2.41. The molecule has 0 fully saturated rings. The second kappa shape index (κ2) is 11.0. The molecule has 11 nitrogen and oxygen atoms in total. The van der Waals surface area contributed by atoms with Crippen LogP contribution in [-0.2, 0) is 20.7 Å². The summed E-state index contributed by atoms with van der Waals surface area (Å²) in [6.45, 7) is 9.69. The van der Waals surface area contributed by atoms with Crippen molar-refractivity contribution in [2.75, 3.05) is 17.4 Å². The molecule has 0 aliphatic heterocycles. The van der Waals surface area contributed by atoms with Crippen LogP contribution in [0.5, 0.6) is 0 Å². The van der Waals surface area contributed by atoms with Gasteiger partial charge in [0.15, 0.2) is 0 Å². The molecule has 1 N–H and O–H groups in total. The number of nitro benzene ring substituents is 1. The van der Waals surface area contributed by atoms with Crippen molar-refractivity contribution in [3.63, 3.8) is 0 Å². The van der Waals surface area contributed by atoms with E-state index >= 15 is 0 Å². The van der Waals surface area contributed by atoms with Crippen molar-refractivity contribution < 1.29 is 32.7 Å². The normalized spacial score (nSPS) is 12.8. The Morgan fingerprint density at radius 2 is 1.44 bits per heavy atom. The molecular formula is C20H29N3O8S. The van der Waals surface area contributed by atoms with Gasteiger partial charge in [-0.15, -0.1) is 0 Å². The highest BCUT2D eigenvalue weighted by atomic mass is 32.2. The number of anilines is 1. The number of hydrogen-bond acceptors (Lipinski definition) is 7. The van der Waals surface area contributed by atoms with Crippen molar-refractivity contribution in [1.29, 1.82) is 0 Å². The summed E-state index contributed by atoms with van der Waals surface area (Å²) in [4.78, 5) is 35.9. The summed E-state index contributed by atoms with van der Waals surface area (Å²) in [6.07, 6.45) is 1.12. The van der Waals surface area contributed by atoms with Gasteiger partial charge >= 0.3 is 12.2 Å². The van der Waals surface area contributed by atoms with E-state index in [-0.39, 0.29) is 24.5 Å². The standard InChI is InChI=1S/C20H29N3O8S/c1-19(2,3)30-17(24)21(18(25)31-20(4,5)6)13-7-8-14-22(32(28)29)15-9-11-16(12-10-15)23(26)27/h7-12H,13-14H2,1-6H3,(H,28,29)/b8-7+. The maximum atomic E-state index is 12.4. The molecule has 0 saturated carbocycles. The first-order valence-corrected chi connectivity index (χ1v) is 10.7. The SMILES string of the molecule is CC(C)(C)OC(=O)N(C/C=C/CN(c1ccc([N+](=O)[O-])cc1)S(=O)O)C(=O)OC(C)(C)C. The summed E-state index contributed by atoms with van der Waals surface area (Å²) in [6, 6.07) is 5.11. The molecule has 0 spiro atoms. The van der Waals surface area contributed by atoms with Crippen molar-refractivity contribution in [1.82, 2.24) is 4.90 Å². The van der Waals surface area contributed by atoms with Gasteiger partial charge in [0.2, 0.25) is 0 Å². The zero-order chi connectivity index (χ0) is 24.7. The number of carbonyl (C=O) groups is 2. The molecule has 2 amide bonds. The van der Waals surface area contributed by atoms with Gasteiger partial charge < -0.3 is 9.47 Å². The summed E-state index contributed by atoms with van der Waals surface area (Å²) < 4.78 is 32.8. The summed E-state index contributed by atoms with van der Waals surface area (Å²) in [5.74, 6) is 0. The largest absolute Gasteiger partial charge is 0.443 e. The average Bonchev–Trinajstić information content (AvgIpc) is 2.61. The van der Waals surface area contributed by atoms with E-state index in [9.17, 15) is 28.5 Å². The number of carbonyl (C=O) groups excluding carboxylic acids is 2. The number of imide groups is 1. The molecule has 1 aromatic rings. The predicted molar refractivity (Wildman–Crippen MR) is 120 cm³/mol. The van der Waals surface area contributed by atoms with Crippen LogP contribution >= 0.6 is 0 Å². The Kier molecular flexibility index (Phi) is 9.34. The molecule has 12 heteroatoms. The van der Waals surface area contributed by atoms with Gasteiger partial charge in [0.25, 0.3) is 17.0 Å². The summed E-state index contributed by atoms with van der Waals surface area (Å²) in [5.41, 5.74) is -1.54. The number of rotatable bonds is 7. The van der Waals surface area contributed by atoms with Crippen LogP contribution in [0.15, 0.2) is 36.4 Å². The third kappa shape index (κ3) is 9.43. The summed E-state index contributed by atoms with van der Waals surface area (Å²) in [5, 5.41) is 10.8. The molecule has 0 radical (unpaired) electrons. The maximum absolute atomic E-state index is 12.4. The van der Waals surface area contributed by atoms with Gasteiger partial charge in [-0.25, -0.2) is 18.7 Å². The predicted octanol–water partition coefficient (Wildman–Crippen LogP) is 4.27. The van der Waals surface area contributed by atoms with Gasteiger partial charge in [0, 0.05) is 12.1 Å². The molecule has 0 heterocycles. The number of amides is 2. The van der Waals surface area contributed by atoms with Crippen molar-refractivity contribution in [3.05, 3.63) is 46.5 Å². The summed E-state index contributed by atoms with van der Waals surface area (Å²) in [7, 11) is 0. The molecule has 1 rings (SSSR count). The lowest BCUT2D eigenvalue weighted by molar-refractivity contribution is -0.384. The topological polar surface area (TPSA) is 140 Å². The highest BCUT2D eigenvalue weighted by Crippen LogP contribution is 2.20. The number of ether oxygens (including phenoxy) is 2. The molecule has 1 unspecified atom stereocenters. The minimum Gasteiger partial charge on any atom is -0.443 e. The molecule has 0 aliphatic rings. The lowest BCUT2D eigenvalue weighted by Crippen LogP contribution is -2.43. The molecule has 178 valence electrons. The molecule has 32 heavy (non-hydrogen) atoms. The second-order valence-electron chi connectivity index (χ2n) is 8.61. The lowest BCUT2D eigenvalue weighted by atomic mass is 10.2. The van der Waals surface area contributed by atoms with Crippen molar-refractivity contribution in [2.24, 2.45) is 0 Å². The van der Waals surface area contributed by atoms with Crippen LogP contribution in [0.4, 0.5) is 21.0 Å². The van der Waals surface area contributed by atoms with Crippen molar-refractivity contribution in [2.45, 2.75) is 52.7 Å². The third-order valence-electron chi connectivity index (χ3n) is 3.49. The number of benzene rings is 1. The fourth-order valence-electron chi connectivity index (χ4n) is 2.21. The number of nitrogens with zero attached hydrogens (tertiary/aromatic N) is 3. The zero-order valence-electron chi connectivity index (χ0n) is 18.9. The Morgan fingerprint density at radius 1 is 1.00 bits per heavy atom. The fourth-order valence-corrected chi connectivity index (χ4v) is 2.72. The first-order chi connectivity index (χ1) is 14.6. The van der Waals surface area contributed by atoms with Crippen LogP contribution < -0.4 is 4.31 Å². The van der Waals surface area contributed by atoms with Crippen LogP contribution in [0.3, 0.4) is 0 Å². The highest BCUT2D eigenvalue weighted by molar-refractivity contribution is 7.80. The average molecular weight is 472 g/mol. The number of nitro groups is 1. The Bertz CT molecular complexity index is 844. The molecule has 0 saturated heterocycles. The van der Waals surface area contributed by atoms with E-state index in [1.807, 2.05) is 0 Å². The second-order valence-corrected chi connectivity index (χ2v) is 9.51. The molecule has 0 bridgehead atoms. The fraction of sp³-hybridized carbons (Fsp3) is 0.500. The molecule has 0 aromatic heterocycles. The smallest absolute Gasteiger partial charge is 0.420 e. The van der Waals surface area contributed by atoms with Crippen LogP contribution in [0.1, 0.15) is 41.5 Å². The molecule has 1 atom stereocenters. The van der Waals surface area contributed by atoms with Crippen LogP contribution in [0.2, 0.25) is 0 Å². The first-order valence-electron chi connectivity index (χ1n) is 9.62. The minimum absolute atomic E-state index is 0.0720. The van der Waals surface area contributed by atoms with E-state index in [2.05, 4.69) is 0 Å². The van der Waals surface area contributed by atoms with Crippen LogP contribution in [0, 0.1) is 10.1 Å². The monoisotopic (exact) mass is 471 g/mol. The van der Waals surface area contributed by atoms with E-state index in [4.69, 9.17) is 9.47 Å². The van der Waals surface area contributed by atoms with E-state index in [0.29, 0.717) is 0 Å². The maximum Gasteiger partial charge on any atom is 0.420 e. The Balaban J connectivity index is 2.94. The molecule has 1 aromatic carbocycles. The zero-order valence-corrected chi connectivity index (χ0v) is 19.7. The van der Waals surface area contributed by atoms with E-state index in [0.717, 1.165) is 9.21 Å². The Labute approximate surface area is 189 Å². The van der Waals surface area contributed by atoms with Gasteiger partial charge in [-0.05, 0) is 53.7 Å². The number of hydrogen-bond donors (Lipinski definition) is 1. The molecular weight excluding hydrogens is 442 g/mol. The van der Waals surface area contributed by atoms with Gasteiger partial charge in [-0.1, -0.05) is 12.2 Å². The third-order valence-corrected chi connectivity index (χ3v) is 4.23. The highest BCUT2D eigenvalue weighted by Gasteiger charge is 2.30. The van der Waals surface area contributed by atoms with Gasteiger partial charge in [0.05, 0.1) is 23.7 Å². The van der Waals surface area contributed by atoms with Crippen LogP contribution in [0.25, 0.3) is 0 Å². The van der Waals surface area contributed by atoms with Gasteiger partial charge in [-0.2, -0.15) is 0 Å². The van der Waals surface area contributed by atoms with Gasteiger partial charge in [-0.3, -0.25) is 19.0 Å². The van der Waals surface area contributed by atoms with Crippen molar-refractivity contribution >= 4 is 34.8 Å². The first kappa shape index (κ1) is 27.0. The lowest BCUT2D eigenvalue weighted by Gasteiger charge is -2.28. The Hall–Kier alpha value is -2.99. The van der Waals surface area contributed by atoms with Gasteiger partial charge in [0.1, 0.15) is 11.2 Å². The summed E-state index contributed by atoms with van der Waals surface area (Å²) >= 11 is -2.41. The van der Waals surface area contributed by atoms with Crippen LogP contribution in [-0.4, -0.2) is 55.1 Å². The van der Waals surface area contributed by atoms with E-state index < -0.39 is 39.6 Å². The van der Waals surface area contributed by atoms with Crippen molar-refractivity contribution in [3.8, 4) is 0 Å². The molecule has 0 aliphatic carbocycles. The quantitative estimate of drug-likeness (QED) is 0.269. The number of non-ortho nitro benzene ring substituents is 1.